The van der Waals surface area contributed by atoms with Crippen molar-refractivity contribution in [3.05, 3.63) is 75.5 Å². The predicted octanol–water partition coefficient (Wildman–Crippen LogP) is 5.26. The summed E-state index contributed by atoms with van der Waals surface area (Å²) in [6, 6.07) is 13.9. The van der Waals surface area contributed by atoms with E-state index in [1.807, 2.05) is 12.1 Å². The molecule has 3 rings (SSSR count). The Morgan fingerprint density at radius 2 is 2.07 bits per heavy atom. The van der Waals surface area contributed by atoms with Crippen molar-refractivity contribution in [2.45, 2.75) is 10.1 Å². The van der Waals surface area contributed by atoms with Gasteiger partial charge in [-0.15, -0.1) is 10.2 Å². The van der Waals surface area contributed by atoms with Crippen molar-refractivity contribution in [3.8, 4) is 6.07 Å². The molecule has 0 spiro atoms. The van der Waals surface area contributed by atoms with E-state index in [-0.39, 0.29) is 0 Å². The lowest BCUT2D eigenvalue weighted by atomic mass is 10.2. The number of aromatic nitrogens is 2. The van der Waals surface area contributed by atoms with Crippen molar-refractivity contribution in [1.29, 1.82) is 5.26 Å². The zero-order chi connectivity index (χ0) is 19.9. The maximum atomic E-state index is 13.7. The van der Waals surface area contributed by atoms with Crippen LogP contribution in [-0.4, -0.2) is 16.1 Å². The molecule has 1 heterocycles. The first-order valence-corrected chi connectivity index (χ1v) is 10.5. The van der Waals surface area contributed by atoms with E-state index in [1.54, 1.807) is 24.3 Å². The zero-order valence-corrected chi connectivity index (χ0v) is 17.4. The van der Waals surface area contributed by atoms with Gasteiger partial charge in [-0.25, -0.2) is 4.39 Å². The number of rotatable bonds is 6. The molecule has 0 aliphatic rings. The molecule has 0 atom stereocenters. The second kappa shape index (κ2) is 9.59. The number of halogens is 2. The standard InChI is InChI=1S/C19H12BrFN4OS2/c20-15-6-7-16(21)14(9-15)5-8-17(26)23-18-24-25-19(28-18)27-11-13-3-1-12(10-22)2-4-13/h1-9H,11H2,(H,23,24,26)/b8-5+. The lowest BCUT2D eigenvalue weighted by Gasteiger charge is -1.99. The van der Waals surface area contributed by atoms with Gasteiger partial charge in [0, 0.05) is 21.9 Å². The number of thioether (sulfide) groups is 1. The van der Waals surface area contributed by atoms with Crippen molar-refractivity contribution in [1.82, 2.24) is 10.2 Å². The fourth-order valence-corrected chi connectivity index (χ4v) is 4.18. The molecule has 0 saturated carbocycles. The molecule has 5 nitrogen and oxygen atoms in total. The SMILES string of the molecule is N#Cc1ccc(CSc2nnc(NC(=O)/C=C/c3cc(Br)ccc3F)s2)cc1. The first-order chi connectivity index (χ1) is 13.5. The minimum atomic E-state index is -0.417. The number of hydrogen-bond acceptors (Lipinski definition) is 6. The lowest BCUT2D eigenvalue weighted by Crippen LogP contribution is -2.07. The van der Waals surface area contributed by atoms with Crippen LogP contribution in [0.4, 0.5) is 9.52 Å². The van der Waals surface area contributed by atoms with E-state index in [4.69, 9.17) is 5.26 Å². The molecule has 28 heavy (non-hydrogen) atoms. The van der Waals surface area contributed by atoms with Gasteiger partial charge in [-0.2, -0.15) is 5.26 Å². The molecular formula is C19H12BrFN4OS2. The summed E-state index contributed by atoms with van der Waals surface area (Å²) in [5, 5.41) is 19.8. The van der Waals surface area contributed by atoms with E-state index in [1.165, 1.54) is 41.3 Å². The molecule has 1 N–H and O–H groups in total. The van der Waals surface area contributed by atoms with Gasteiger partial charge in [-0.3, -0.25) is 10.1 Å². The first-order valence-electron chi connectivity index (χ1n) is 7.93. The molecule has 1 aromatic heterocycles. The Hall–Kier alpha value is -2.54. The molecule has 0 saturated heterocycles. The van der Waals surface area contributed by atoms with Crippen molar-refractivity contribution >= 4 is 56.1 Å². The Morgan fingerprint density at radius 3 is 2.82 bits per heavy atom. The third-order valence-corrected chi connectivity index (χ3v) is 5.99. The lowest BCUT2D eigenvalue weighted by molar-refractivity contribution is -0.111. The van der Waals surface area contributed by atoms with Gasteiger partial charge in [0.05, 0.1) is 11.6 Å². The number of amides is 1. The van der Waals surface area contributed by atoms with Crippen molar-refractivity contribution < 1.29 is 9.18 Å². The fraction of sp³-hybridized carbons (Fsp3) is 0.0526. The molecule has 3 aromatic rings. The van der Waals surface area contributed by atoms with Gasteiger partial charge in [0.1, 0.15) is 5.82 Å². The third kappa shape index (κ3) is 5.73. The first kappa shape index (κ1) is 20.2. The molecule has 0 aliphatic heterocycles. The second-order valence-corrected chi connectivity index (χ2v) is 8.57. The molecule has 0 aliphatic carbocycles. The van der Waals surface area contributed by atoms with E-state index >= 15 is 0 Å². The normalized spacial score (nSPS) is 10.8. The fourth-order valence-electron chi connectivity index (χ4n) is 2.09. The molecule has 140 valence electrons. The molecule has 0 fully saturated rings. The molecule has 0 radical (unpaired) electrons. The number of hydrogen-bond donors (Lipinski definition) is 1. The maximum Gasteiger partial charge on any atom is 0.250 e. The third-order valence-electron chi connectivity index (χ3n) is 3.45. The van der Waals surface area contributed by atoms with Crippen LogP contribution >= 0.6 is 39.0 Å². The van der Waals surface area contributed by atoms with Gasteiger partial charge >= 0.3 is 0 Å². The minimum Gasteiger partial charge on any atom is -0.297 e. The number of nitrogens with zero attached hydrogens (tertiary/aromatic N) is 3. The summed E-state index contributed by atoms with van der Waals surface area (Å²) in [5.41, 5.74) is 1.98. The van der Waals surface area contributed by atoms with E-state index < -0.39 is 11.7 Å². The summed E-state index contributed by atoms with van der Waals surface area (Å²) >= 11 is 6.01. The Morgan fingerprint density at radius 1 is 1.29 bits per heavy atom. The topological polar surface area (TPSA) is 78.7 Å². The van der Waals surface area contributed by atoms with Gasteiger partial charge in [0.25, 0.3) is 0 Å². The summed E-state index contributed by atoms with van der Waals surface area (Å²) in [4.78, 5) is 12.0. The Kier molecular flexibility index (Phi) is 6.92. The number of nitriles is 1. The van der Waals surface area contributed by atoms with Crippen molar-refractivity contribution in [2.75, 3.05) is 5.32 Å². The van der Waals surface area contributed by atoms with Crippen LogP contribution in [0.15, 0.2) is 57.4 Å². The summed E-state index contributed by atoms with van der Waals surface area (Å²) in [5.74, 6) is -0.153. The van der Waals surface area contributed by atoms with E-state index in [0.717, 1.165) is 10.0 Å². The highest BCUT2D eigenvalue weighted by atomic mass is 79.9. The minimum absolute atomic E-state index is 0.306. The predicted molar refractivity (Wildman–Crippen MR) is 112 cm³/mol. The molecule has 2 aromatic carbocycles. The van der Waals surface area contributed by atoms with Crippen LogP contribution in [-0.2, 0) is 10.5 Å². The highest BCUT2D eigenvalue weighted by Gasteiger charge is 2.08. The van der Waals surface area contributed by atoms with Crippen LogP contribution in [0.2, 0.25) is 0 Å². The highest BCUT2D eigenvalue weighted by molar-refractivity contribution is 9.10. The van der Waals surface area contributed by atoms with Gasteiger partial charge in [0.15, 0.2) is 4.34 Å². The number of nitrogens with one attached hydrogen (secondary N) is 1. The summed E-state index contributed by atoms with van der Waals surface area (Å²) in [7, 11) is 0. The van der Waals surface area contributed by atoms with Gasteiger partial charge in [-0.05, 0) is 42.0 Å². The van der Waals surface area contributed by atoms with Crippen molar-refractivity contribution in [3.63, 3.8) is 0 Å². The Bertz CT molecular complexity index is 1060. The number of carbonyl (C=O) groups is 1. The summed E-state index contributed by atoms with van der Waals surface area (Å²) in [6.45, 7) is 0. The molecule has 1 amide bonds. The van der Waals surface area contributed by atoms with Gasteiger partial charge in [-0.1, -0.05) is 51.2 Å². The monoisotopic (exact) mass is 474 g/mol. The van der Waals surface area contributed by atoms with Crippen molar-refractivity contribution in [2.24, 2.45) is 0 Å². The summed E-state index contributed by atoms with van der Waals surface area (Å²) < 4.78 is 15.1. The van der Waals surface area contributed by atoms with Crippen LogP contribution in [0.5, 0.6) is 0 Å². The molecular weight excluding hydrogens is 463 g/mol. The number of benzene rings is 2. The second-order valence-electron chi connectivity index (χ2n) is 5.46. The Balaban J connectivity index is 1.54. The number of anilines is 1. The molecule has 0 bridgehead atoms. The largest absolute Gasteiger partial charge is 0.297 e. The maximum absolute atomic E-state index is 13.7. The van der Waals surface area contributed by atoms with Crippen LogP contribution in [0.1, 0.15) is 16.7 Å². The van der Waals surface area contributed by atoms with Crippen LogP contribution < -0.4 is 5.32 Å². The number of carbonyl (C=O) groups excluding carboxylic acids is 1. The van der Waals surface area contributed by atoms with E-state index in [9.17, 15) is 9.18 Å². The van der Waals surface area contributed by atoms with Gasteiger partial charge in [0.2, 0.25) is 11.0 Å². The highest BCUT2D eigenvalue weighted by Crippen LogP contribution is 2.28. The quantitative estimate of drug-likeness (QED) is 0.299. The molecule has 0 unspecified atom stereocenters. The summed E-state index contributed by atoms with van der Waals surface area (Å²) in [6.07, 6.45) is 2.65. The van der Waals surface area contributed by atoms with Crippen LogP contribution in [0, 0.1) is 17.1 Å². The van der Waals surface area contributed by atoms with Crippen LogP contribution in [0.3, 0.4) is 0 Å². The van der Waals surface area contributed by atoms with Crippen LogP contribution in [0.25, 0.3) is 6.08 Å². The zero-order valence-electron chi connectivity index (χ0n) is 14.2. The smallest absolute Gasteiger partial charge is 0.250 e. The average molecular weight is 475 g/mol. The van der Waals surface area contributed by atoms with Gasteiger partial charge < -0.3 is 0 Å². The molecule has 9 heteroatoms. The van der Waals surface area contributed by atoms with E-state index in [2.05, 4.69) is 37.5 Å². The Labute approximate surface area is 177 Å². The van der Waals surface area contributed by atoms with E-state index in [0.29, 0.717) is 26.4 Å². The average Bonchev–Trinajstić information content (AvgIpc) is 3.14.